The van der Waals surface area contributed by atoms with Gasteiger partial charge >= 0.3 is 0 Å². The van der Waals surface area contributed by atoms with E-state index in [2.05, 4.69) is 55.8 Å². The number of halogens is 1. The van der Waals surface area contributed by atoms with Crippen LogP contribution in [0.1, 0.15) is 12.8 Å². The van der Waals surface area contributed by atoms with Crippen LogP contribution in [0.2, 0.25) is 0 Å². The smallest absolute Gasteiger partial charge is 0.133 e. The number of fused-ring (bicyclic) bond motifs is 1. The normalized spacial score (nSPS) is 15.2. The highest BCUT2D eigenvalue weighted by molar-refractivity contribution is 9.10. The second-order valence-electron chi connectivity index (χ2n) is 4.99. The Kier molecular flexibility index (Phi) is 4.33. The molecule has 0 aliphatic carbocycles. The Labute approximate surface area is 127 Å². The highest BCUT2D eigenvalue weighted by Crippen LogP contribution is 2.27. The Balaban J connectivity index is 1.71. The van der Waals surface area contributed by atoms with Crippen LogP contribution in [0, 0.1) is 0 Å². The molecule has 1 aliphatic heterocycles. The predicted molar refractivity (Wildman–Crippen MR) is 88.1 cm³/mol. The molecule has 0 fully saturated rings. The van der Waals surface area contributed by atoms with E-state index in [0.717, 1.165) is 42.8 Å². The summed E-state index contributed by atoms with van der Waals surface area (Å²) in [6, 6.07) is 8.26. The van der Waals surface area contributed by atoms with Crippen molar-refractivity contribution in [1.29, 1.82) is 0 Å². The third kappa shape index (κ3) is 3.02. The zero-order chi connectivity index (χ0) is 13.8. The van der Waals surface area contributed by atoms with Crippen molar-refractivity contribution in [3.63, 3.8) is 0 Å². The number of anilines is 1. The number of nitrogens with zero attached hydrogens (tertiary/aromatic N) is 1. The minimum atomic E-state index is 0.935. The quantitative estimate of drug-likeness (QED) is 0.838. The van der Waals surface area contributed by atoms with Gasteiger partial charge in [-0.3, -0.25) is 0 Å². The topological polar surface area (TPSA) is 37.0 Å². The van der Waals surface area contributed by atoms with E-state index in [1.54, 1.807) is 0 Å². The highest BCUT2D eigenvalue weighted by Gasteiger charge is 2.06. The van der Waals surface area contributed by atoms with Crippen LogP contribution >= 0.6 is 15.9 Å². The summed E-state index contributed by atoms with van der Waals surface area (Å²) in [5.41, 5.74) is 1.54. The van der Waals surface area contributed by atoms with Gasteiger partial charge in [0, 0.05) is 34.5 Å². The summed E-state index contributed by atoms with van der Waals surface area (Å²) in [6.45, 7) is 3.05. The van der Waals surface area contributed by atoms with Crippen molar-refractivity contribution < 1.29 is 0 Å². The van der Waals surface area contributed by atoms with Gasteiger partial charge in [-0.25, -0.2) is 4.98 Å². The van der Waals surface area contributed by atoms with Gasteiger partial charge in [0.05, 0.1) is 0 Å². The summed E-state index contributed by atoms with van der Waals surface area (Å²) < 4.78 is 1.11. The summed E-state index contributed by atoms with van der Waals surface area (Å²) in [4.78, 5) is 4.47. The lowest BCUT2D eigenvalue weighted by molar-refractivity contribution is 0.683. The number of pyridine rings is 1. The monoisotopic (exact) mass is 331 g/mol. The third-order valence-electron chi connectivity index (χ3n) is 3.65. The second-order valence-corrected chi connectivity index (χ2v) is 5.84. The van der Waals surface area contributed by atoms with Crippen LogP contribution in [0.4, 0.5) is 5.82 Å². The van der Waals surface area contributed by atoms with Gasteiger partial charge in [-0.15, -0.1) is 0 Å². The van der Waals surface area contributed by atoms with Gasteiger partial charge in [0.2, 0.25) is 0 Å². The third-order valence-corrected chi connectivity index (χ3v) is 4.34. The molecule has 3 nitrogen and oxygen atoms in total. The number of nitrogens with one attached hydrogen (secondary N) is 2. The van der Waals surface area contributed by atoms with E-state index in [0.29, 0.717) is 0 Å². The molecule has 20 heavy (non-hydrogen) atoms. The number of rotatable bonds is 4. The molecule has 2 N–H and O–H groups in total. The van der Waals surface area contributed by atoms with Crippen LogP contribution in [0.3, 0.4) is 0 Å². The van der Waals surface area contributed by atoms with Crippen molar-refractivity contribution in [2.24, 2.45) is 0 Å². The predicted octanol–water partition coefficient (Wildman–Crippen LogP) is 3.72. The maximum Gasteiger partial charge on any atom is 0.133 e. The minimum absolute atomic E-state index is 0.935. The van der Waals surface area contributed by atoms with Crippen molar-refractivity contribution >= 4 is 32.5 Å². The Morgan fingerprint density at radius 1 is 1.25 bits per heavy atom. The second kappa shape index (κ2) is 6.37. The molecule has 4 heteroatoms. The molecular weight excluding hydrogens is 314 g/mol. The summed E-state index contributed by atoms with van der Waals surface area (Å²) in [5.74, 6) is 0.971. The van der Waals surface area contributed by atoms with E-state index < -0.39 is 0 Å². The van der Waals surface area contributed by atoms with Crippen molar-refractivity contribution in [2.75, 3.05) is 25.0 Å². The molecule has 1 aliphatic rings. The van der Waals surface area contributed by atoms with E-state index in [-0.39, 0.29) is 0 Å². The maximum absolute atomic E-state index is 4.47. The van der Waals surface area contributed by atoms with Crippen molar-refractivity contribution in [2.45, 2.75) is 12.8 Å². The zero-order valence-electron chi connectivity index (χ0n) is 11.3. The number of hydrogen-bond donors (Lipinski definition) is 2. The molecule has 2 heterocycles. The molecule has 1 aromatic heterocycles. The maximum atomic E-state index is 4.47. The summed E-state index contributed by atoms with van der Waals surface area (Å²) in [7, 11) is 0. The van der Waals surface area contributed by atoms with Gasteiger partial charge in [-0.05, 0) is 31.5 Å². The van der Waals surface area contributed by atoms with Gasteiger partial charge < -0.3 is 10.6 Å². The molecule has 0 unspecified atom stereocenters. The molecular formula is C16H18BrN3. The van der Waals surface area contributed by atoms with Crippen LogP contribution in [0.25, 0.3) is 10.8 Å². The number of benzene rings is 1. The van der Waals surface area contributed by atoms with Gasteiger partial charge in [0.1, 0.15) is 5.82 Å². The summed E-state index contributed by atoms with van der Waals surface area (Å²) in [6.07, 6.45) is 6.42. The van der Waals surface area contributed by atoms with Crippen molar-refractivity contribution in [1.82, 2.24) is 10.3 Å². The van der Waals surface area contributed by atoms with Crippen LogP contribution in [-0.4, -0.2) is 24.6 Å². The van der Waals surface area contributed by atoms with Crippen LogP contribution in [-0.2, 0) is 0 Å². The molecule has 0 saturated carbocycles. The van der Waals surface area contributed by atoms with E-state index in [1.807, 2.05) is 12.3 Å². The minimum Gasteiger partial charge on any atom is -0.369 e. The van der Waals surface area contributed by atoms with E-state index in [1.165, 1.54) is 16.3 Å². The Hall–Kier alpha value is -1.39. The standard InChI is InChI=1S/C16H18BrN3/c17-15-3-1-2-14-13(15)7-11-20-16(14)19-10-6-12-4-8-18-9-5-12/h1-4,7,11,18H,5-6,8-10H2,(H,19,20). The molecule has 0 radical (unpaired) electrons. The van der Waals surface area contributed by atoms with Crippen LogP contribution in [0.15, 0.2) is 46.6 Å². The average molecular weight is 332 g/mol. The SMILES string of the molecule is Brc1cccc2c(NCCC3=CCNCC3)nccc12. The Morgan fingerprint density at radius 3 is 3.05 bits per heavy atom. The largest absolute Gasteiger partial charge is 0.369 e. The Morgan fingerprint density at radius 2 is 2.20 bits per heavy atom. The fourth-order valence-electron chi connectivity index (χ4n) is 2.55. The fourth-order valence-corrected chi connectivity index (χ4v) is 3.05. The first kappa shape index (κ1) is 13.6. The van der Waals surface area contributed by atoms with E-state index >= 15 is 0 Å². The Bertz CT molecular complexity index is 637. The zero-order valence-corrected chi connectivity index (χ0v) is 12.9. The first-order valence-corrected chi connectivity index (χ1v) is 7.79. The summed E-state index contributed by atoms with van der Waals surface area (Å²) >= 11 is 3.59. The van der Waals surface area contributed by atoms with Crippen molar-refractivity contribution in [3.05, 3.63) is 46.6 Å². The van der Waals surface area contributed by atoms with Gasteiger partial charge in [0.25, 0.3) is 0 Å². The molecule has 1 aromatic carbocycles. The van der Waals surface area contributed by atoms with Crippen LogP contribution < -0.4 is 10.6 Å². The van der Waals surface area contributed by atoms with Crippen molar-refractivity contribution in [3.8, 4) is 0 Å². The van der Waals surface area contributed by atoms with Gasteiger partial charge in [-0.2, -0.15) is 0 Å². The molecule has 2 aromatic rings. The molecule has 0 amide bonds. The van der Waals surface area contributed by atoms with Gasteiger partial charge in [0.15, 0.2) is 0 Å². The lowest BCUT2D eigenvalue weighted by Gasteiger charge is -2.15. The lowest BCUT2D eigenvalue weighted by atomic mass is 10.1. The number of aromatic nitrogens is 1. The molecule has 0 atom stereocenters. The molecule has 3 rings (SSSR count). The average Bonchev–Trinajstić information content (AvgIpc) is 2.49. The first-order chi connectivity index (χ1) is 9.84. The molecule has 0 saturated heterocycles. The van der Waals surface area contributed by atoms with Gasteiger partial charge in [-0.1, -0.05) is 39.7 Å². The number of hydrogen-bond acceptors (Lipinski definition) is 3. The molecule has 104 valence electrons. The van der Waals surface area contributed by atoms with E-state index in [4.69, 9.17) is 0 Å². The van der Waals surface area contributed by atoms with E-state index in [9.17, 15) is 0 Å². The fraction of sp³-hybridized carbons (Fsp3) is 0.312. The van der Waals surface area contributed by atoms with Crippen LogP contribution in [0.5, 0.6) is 0 Å². The highest BCUT2D eigenvalue weighted by atomic mass is 79.9. The molecule has 0 spiro atoms. The molecule has 0 bridgehead atoms. The lowest BCUT2D eigenvalue weighted by Crippen LogP contribution is -2.21. The summed E-state index contributed by atoms with van der Waals surface area (Å²) in [5, 5.41) is 9.18. The first-order valence-electron chi connectivity index (χ1n) is 7.00.